The number of nitrogens with one attached hydrogen (secondary N) is 1. The summed E-state index contributed by atoms with van der Waals surface area (Å²) in [5, 5.41) is 11.4. The van der Waals surface area contributed by atoms with Gasteiger partial charge in [-0.15, -0.1) is 5.10 Å². The van der Waals surface area contributed by atoms with Gasteiger partial charge in [-0.25, -0.2) is 13.8 Å². The molecule has 1 saturated carbocycles. The van der Waals surface area contributed by atoms with Gasteiger partial charge >= 0.3 is 0 Å². The minimum Gasteiger partial charge on any atom is -0.313 e. The molecule has 2 aliphatic carbocycles. The van der Waals surface area contributed by atoms with Crippen molar-refractivity contribution < 1.29 is 18.4 Å². The Labute approximate surface area is 211 Å². The van der Waals surface area contributed by atoms with E-state index in [1.54, 1.807) is 12.3 Å². The molecule has 1 amide bonds. The normalized spacial score (nSPS) is 23.1. The Morgan fingerprint density at radius 2 is 1.95 bits per heavy atom. The number of carbonyl (C=O) groups excluding carboxylic acids is 2. The maximum absolute atomic E-state index is 14.5. The number of amidine groups is 1. The molecule has 3 aromatic rings. The summed E-state index contributed by atoms with van der Waals surface area (Å²) in [7, 11) is 0. The van der Waals surface area contributed by atoms with Crippen molar-refractivity contribution in [1.29, 1.82) is 0 Å². The molecular formula is C27H24F2N6O2. The third-order valence-electron chi connectivity index (χ3n) is 8.24. The van der Waals surface area contributed by atoms with E-state index in [1.807, 2.05) is 0 Å². The van der Waals surface area contributed by atoms with Crippen molar-refractivity contribution in [1.82, 2.24) is 25.5 Å². The average Bonchev–Trinajstić information content (AvgIpc) is 3.48. The summed E-state index contributed by atoms with van der Waals surface area (Å²) in [6.07, 6.45) is 5.16. The zero-order valence-electron chi connectivity index (χ0n) is 20.4. The molecule has 0 unspecified atom stereocenters. The average molecular weight is 503 g/mol. The molecule has 2 aromatic heterocycles. The minimum absolute atomic E-state index is 0.0803. The van der Waals surface area contributed by atoms with E-state index >= 15 is 0 Å². The molecule has 2 bridgehead atoms. The molecule has 0 radical (unpaired) electrons. The second-order valence-corrected chi connectivity index (χ2v) is 10.4. The Kier molecular flexibility index (Phi) is 5.25. The lowest BCUT2D eigenvalue weighted by molar-refractivity contribution is -0.117. The summed E-state index contributed by atoms with van der Waals surface area (Å²) in [6, 6.07) is 5.47. The van der Waals surface area contributed by atoms with E-state index in [4.69, 9.17) is 4.98 Å². The van der Waals surface area contributed by atoms with Gasteiger partial charge in [0.15, 0.2) is 5.78 Å². The molecule has 3 heterocycles. The zero-order chi connectivity index (χ0) is 25.9. The third kappa shape index (κ3) is 3.42. The number of hydrogen-bond acceptors (Lipinski definition) is 7. The predicted octanol–water partition coefficient (Wildman–Crippen LogP) is 3.91. The quantitative estimate of drug-likeness (QED) is 0.512. The molecule has 6 rings (SSSR count). The lowest BCUT2D eigenvalue weighted by Crippen LogP contribution is -2.38. The molecule has 37 heavy (non-hydrogen) atoms. The van der Waals surface area contributed by atoms with Crippen LogP contribution in [0.25, 0.3) is 11.3 Å². The van der Waals surface area contributed by atoms with Gasteiger partial charge in [0.2, 0.25) is 5.91 Å². The first-order valence-corrected chi connectivity index (χ1v) is 12.2. The number of Topliss-reactive ketones (excluding diaryl/α,β-unsaturated/α-hetero) is 1. The Balaban J connectivity index is 1.37. The van der Waals surface area contributed by atoms with Crippen molar-refractivity contribution in [2.24, 2.45) is 10.4 Å². The summed E-state index contributed by atoms with van der Waals surface area (Å²) in [5.41, 5.74) is 1.48. The van der Waals surface area contributed by atoms with Crippen LogP contribution in [0.5, 0.6) is 0 Å². The highest BCUT2D eigenvalue weighted by atomic mass is 19.1. The number of halogens is 2. The maximum atomic E-state index is 14.5. The molecule has 0 spiro atoms. The van der Waals surface area contributed by atoms with Crippen LogP contribution >= 0.6 is 0 Å². The Morgan fingerprint density at radius 1 is 1.16 bits per heavy atom. The highest BCUT2D eigenvalue weighted by Crippen LogP contribution is 2.69. The molecule has 1 fully saturated rings. The van der Waals surface area contributed by atoms with E-state index in [-0.39, 0.29) is 52.9 Å². The van der Waals surface area contributed by atoms with Crippen LogP contribution in [0.2, 0.25) is 0 Å². The summed E-state index contributed by atoms with van der Waals surface area (Å²) in [5.74, 6) is -1.17. The van der Waals surface area contributed by atoms with Crippen molar-refractivity contribution in [3.05, 3.63) is 70.9 Å². The second kappa shape index (κ2) is 8.29. The predicted molar refractivity (Wildman–Crippen MR) is 130 cm³/mol. The standard InChI is InChI=1S/C27H24F2N6O2/c1-26(2)15-8-9-27(26,25-14(15)10-18(34-35-25)24-16(28)4-3-5-17(24)29)21-12-30-11-19(32-21)20(36)6-7-22-31-13-23(37)33-22/h3-5,10-12,15H,6-9,13H2,1-2H3,(H,31,33,37)/t15-,27-/m0/s1. The number of hydrogen-bond donors (Lipinski definition) is 1. The van der Waals surface area contributed by atoms with Gasteiger partial charge in [0.05, 0.1) is 34.3 Å². The van der Waals surface area contributed by atoms with E-state index in [1.165, 1.54) is 24.4 Å². The number of ketones is 1. The molecule has 1 N–H and O–H groups in total. The largest absolute Gasteiger partial charge is 0.313 e. The Morgan fingerprint density at radius 3 is 2.68 bits per heavy atom. The topological polar surface area (TPSA) is 110 Å². The molecule has 1 aliphatic heterocycles. The van der Waals surface area contributed by atoms with Gasteiger partial charge < -0.3 is 5.32 Å². The highest BCUT2D eigenvalue weighted by Gasteiger charge is 2.65. The van der Waals surface area contributed by atoms with Crippen LogP contribution in [0.4, 0.5) is 8.78 Å². The van der Waals surface area contributed by atoms with Gasteiger partial charge in [0, 0.05) is 19.0 Å². The molecule has 188 valence electrons. The van der Waals surface area contributed by atoms with Crippen LogP contribution in [0.15, 0.2) is 41.7 Å². The SMILES string of the molecule is CC1(C)[C@H]2CC[C@]1(c1cncc(C(=O)CCC3=NCC(=O)N3)n1)c1nnc(-c3c(F)cccc3F)cc12. The van der Waals surface area contributed by atoms with Gasteiger partial charge in [-0.3, -0.25) is 19.6 Å². The molecule has 1 aromatic carbocycles. The molecule has 0 saturated heterocycles. The van der Waals surface area contributed by atoms with Gasteiger partial charge in [-0.05, 0) is 47.9 Å². The number of benzene rings is 1. The van der Waals surface area contributed by atoms with Crippen LogP contribution in [0.3, 0.4) is 0 Å². The lowest BCUT2D eigenvalue weighted by atomic mass is 9.66. The molecule has 10 heteroatoms. The molecule has 3 aliphatic rings. The fourth-order valence-corrected chi connectivity index (χ4v) is 6.37. The zero-order valence-corrected chi connectivity index (χ0v) is 20.4. The summed E-state index contributed by atoms with van der Waals surface area (Å²) < 4.78 is 29.0. The first-order chi connectivity index (χ1) is 17.7. The van der Waals surface area contributed by atoms with E-state index in [0.29, 0.717) is 18.0 Å². The molecule has 2 atom stereocenters. The number of fused-ring (bicyclic) bond motifs is 5. The first-order valence-electron chi connectivity index (χ1n) is 12.2. The van der Waals surface area contributed by atoms with E-state index in [2.05, 4.69) is 39.3 Å². The Hall–Kier alpha value is -3.95. The lowest BCUT2D eigenvalue weighted by Gasteiger charge is -2.37. The minimum atomic E-state index is -0.688. The second-order valence-electron chi connectivity index (χ2n) is 10.4. The fraction of sp³-hybridized carbons (Fsp3) is 0.370. The molecular weight excluding hydrogens is 478 g/mol. The third-order valence-corrected chi connectivity index (χ3v) is 8.24. The van der Waals surface area contributed by atoms with Gasteiger partial charge in [0.1, 0.15) is 29.7 Å². The summed E-state index contributed by atoms with van der Waals surface area (Å²) in [6.45, 7) is 4.35. The van der Waals surface area contributed by atoms with Crippen LogP contribution in [-0.4, -0.2) is 44.2 Å². The smallest absolute Gasteiger partial charge is 0.246 e. The van der Waals surface area contributed by atoms with Gasteiger partial charge in [-0.2, -0.15) is 5.10 Å². The van der Waals surface area contributed by atoms with Crippen molar-refractivity contribution in [2.45, 2.75) is 50.9 Å². The summed E-state index contributed by atoms with van der Waals surface area (Å²) in [4.78, 5) is 37.5. The van der Waals surface area contributed by atoms with Gasteiger partial charge in [0.25, 0.3) is 0 Å². The van der Waals surface area contributed by atoms with Crippen molar-refractivity contribution in [2.75, 3.05) is 6.54 Å². The van der Waals surface area contributed by atoms with E-state index < -0.39 is 17.0 Å². The van der Waals surface area contributed by atoms with Crippen molar-refractivity contribution in [3.8, 4) is 11.3 Å². The van der Waals surface area contributed by atoms with Crippen LogP contribution in [-0.2, 0) is 10.2 Å². The van der Waals surface area contributed by atoms with E-state index in [9.17, 15) is 18.4 Å². The number of nitrogens with zero attached hydrogens (tertiary/aromatic N) is 5. The number of rotatable bonds is 6. The fourth-order valence-electron chi connectivity index (χ4n) is 6.37. The maximum Gasteiger partial charge on any atom is 0.246 e. The first kappa shape index (κ1) is 23.4. The van der Waals surface area contributed by atoms with Crippen molar-refractivity contribution >= 4 is 17.5 Å². The van der Waals surface area contributed by atoms with Gasteiger partial charge in [-0.1, -0.05) is 19.9 Å². The Bertz CT molecular complexity index is 1480. The number of carbonyl (C=O) groups is 2. The van der Waals surface area contributed by atoms with Crippen LogP contribution < -0.4 is 5.32 Å². The monoisotopic (exact) mass is 502 g/mol. The van der Waals surface area contributed by atoms with Crippen LogP contribution in [0, 0.1) is 17.0 Å². The number of aliphatic imine (C=N–C) groups is 1. The summed E-state index contributed by atoms with van der Waals surface area (Å²) >= 11 is 0. The van der Waals surface area contributed by atoms with Crippen molar-refractivity contribution in [3.63, 3.8) is 0 Å². The van der Waals surface area contributed by atoms with Crippen LogP contribution in [0.1, 0.15) is 72.9 Å². The molecule has 8 nitrogen and oxygen atoms in total. The number of amides is 1. The highest BCUT2D eigenvalue weighted by molar-refractivity contribution is 6.05. The number of aromatic nitrogens is 4. The van der Waals surface area contributed by atoms with E-state index in [0.717, 1.165) is 24.1 Å².